The molecule has 0 amide bonds. The van der Waals surface area contributed by atoms with E-state index in [9.17, 15) is 4.57 Å². The quantitative estimate of drug-likeness (QED) is 0.369. The maximum atomic E-state index is 10.4. The molecule has 0 aromatic carbocycles. The van der Waals surface area contributed by atoms with Crippen LogP contribution in [0.4, 0.5) is 0 Å². The molecule has 2 N–H and O–H groups in total. The Morgan fingerprint density at radius 2 is 2.20 bits per heavy atom. The van der Waals surface area contributed by atoms with Crippen LogP contribution in [0.15, 0.2) is 0 Å². The van der Waals surface area contributed by atoms with Gasteiger partial charge >= 0.3 is 8.25 Å². The molecule has 0 saturated carbocycles. The first-order chi connectivity index (χ1) is 4.81. The third-order valence-corrected chi connectivity index (χ3v) is 1.70. The molecule has 0 aliphatic rings. The Labute approximate surface area is 61.6 Å². The minimum atomic E-state index is -2.38. The summed E-state index contributed by atoms with van der Waals surface area (Å²) >= 11 is 0. The van der Waals surface area contributed by atoms with Gasteiger partial charge in [0, 0.05) is 0 Å². The van der Waals surface area contributed by atoms with E-state index in [0.717, 1.165) is 19.3 Å². The molecule has 0 rings (SSSR count). The van der Waals surface area contributed by atoms with Gasteiger partial charge in [0.1, 0.15) is 0 Å². The van der Waals surface area contributed by atoms with E-state index in [0.29, 0.717) is 6.61 Å². The zero-order valence-corrected chi connectivity index (χ0v) is 7.13. The van der Waals surface area contributed by atoms with Crippen LogP contribution in [-0.2, 0) is 13.7 Å². The van der Waals surface area contributed by atoms with E-state index in [1.165, 1.54) is 0 Å². The van der Waals surface area contributed by atoms with Crippen LogP contribution in [0.25, 0.3) is 0 Å². The fourth-order valence-corrected chi connectivity index (χ4v) is 0.921. The van der Waals surface area contributed by atoms with Gasteiger partial charge in [-0.05, 0) is 6.42 Å². The molecule has 0 fully saturated rings. The molecule has 0 bridgehead atoms. The maximum absolute atomic E-state index is 10.4. The van der Waals surface area contributed by atoms with Gasteiger partial charge in [-0.3, -0.25) is 4.57 Å². The van der Waals surface area contributed by atoms with E-state index in [-0.39, 0.29) is 0 Å². The Bertz CT molecular complexity index is 98.9. The normalized spacial score (nSPS) is 13.4. The van der Waals surface area contributed by atoms with E-state index >= 15 is 0 Å². The molecule has 1 atom stereocenters. The summed E-state index contributed by atoms with van der Waals surface area (Å²) in [6.07, 6.45) is 3.11. The van der Waals surface area contributed by atoms with Gasteiger partial charge < -0.3 is 4.52 Å². The zero-order valence-electron chi connectivity index (χ0n) is 6.13. The Kier molecular flexibility index (Phi) is 7.30. The minimum absolute atomic E-state index is 0.475. The number of unbranched alkanes of at least 4 members (excludes halogenated alkanes) is 2. The number of hydrogen-bond donors (Lipinski definition) is 1. The minimum Gasteiger partial charge on any atom is -0.310 e. The van der Waals surface area contributed by atoms with Crippen molar-refractivity contribution in [2.75, 3.05) is 6.61 Å². The average molecular weight is 167 g/mol. The molecular formula is C5H14NO3P. The van der Waals surface area contributed by atoms with Crippen LogP contribution < -0.4 is 5.90 Å². The van der Waals surface area contributed by atoms with Crippen LogP contribution in [0.1, 0.15) is 26.2 Å². The summed E-state index contributed by atoms with van der Waals surface area (Å²) in [5.74, 6) is 4.59. The van der Waals surface area contributed by atoms with Gasteiger partial charge in [0.05, 0.1) is 6.61 Å². The molecule has 0 spiro atoms. The van der Waals surface area contributed by atoms with E-state index in [1.54, 1.807) is 0 Å². The summed E-state index contributed by atoms with van der Waals surface area (Å²) in [6.45, 7) is 2.56. The maximum Gasteiger partial charge on any atom is 0.335 e. The molecule has 0 saturated heterocycles. The molecule has 4 nitrogen and oxygen atoms in total. The highest BCUT2D eigenvalue weighted by Crippen LogP contribution is 2.20. The van der Waals surface area contributed by atoms with Gasteiger partial charge in [0.15, 0.2) is 0 Å². The first-order valence-electron chi connectivity index (χ1n) is 3.34. The number of rotatable bonds is 6. The summed E-state index contributed by atoms with van der Waals surface area (Å²) in [7, 11) is -2.38. The molecule has 1 unspecified atom stereocenters. The van der Waals surface area contributed by atoms with Crippen molar-refractivity contribution in [3.8, 4) is 0 Å². The zero-order chi connectivity index (χ0) is 7.82. The fourth-order valence-electron chi connectivity index (χ4n) is 0.542. The van der Waals surface area contributed by atoms with Gasteiger partial charge in [0.2, 0.25) is 0 Å². The van der Waals surface area contributed by atoms with Crippen molar-refractivity contribution in [3.05, 3.63) is 0 Å². The van der Waals surface area contributed by atoms with E-state index in [4.69, 9.17) is 4.52 Å². The molecule has 0 heterocycles. The Hall–Kier alpha value is 0.110. The lowest BCUT2D eigenvalue weighted by Crippen LogP contribution is -1.92. The fraction of sp³-hybridized carbons (Fsp3) is 1.00. The second kappa shape index (κ2) is 7.22. The van der Waals surface area contributed by atoms with Crippen molar-refractivity contribution in [1.29, 1.82) is 0 Å². The second-order valence-electron chi connectivity index (χ2n) is 1.92. The van der Waals surface area contributed by atoms with Crippen molar-refractivity contribution < 1.29 is 13.7 Å². The van der Waals surface area contributed by atoms with Gasteiger partial charge in [-0.15, -0.1) is 0 Å². The highest BCUT2D eigenvalue weighted by Gasteiger charge is 1.94. The van der Waals surface area contributed by atoms with Crippen molar-refractivity contribution in [2.45, 2.75) is 26.2 Å². The molecule has 10 heavy (non-hydrogen) atoms. The number of hydrogen-bond acceptors (Lipinski definition) is 4. The summed E-state index contributed by atoms with van der Waals surface area (Å²) < 4.78 is 19.0. The molecule has 5 heteroatoms. The molecule has 62 valence electrons. The summed E-state index contributed by atoms with van der Waals surface area (Å²) in [4.78, 5) is 0. The van der Waals surface area contributed by atoms with E-state index in [2.05, 4.69) is 17.4 Å². The smallest absolute Gasteiger partial charge is 0.310 e. The van der Waals surface area contributed by atoms with Crippen LogP contribution in [0.2, 0.25) is 0 Å². The van der Waals surface area contributed by atoms with E-state index < -0.39 is 8.25 Å². The standard InChI is InChI=1S/C5H14NO3P/c1-2-3-4-5-8-10(7)9-6/h10H,2-6H2,1H3. The van der Waals surface area contributed by atoms with E-state index in [1.807, 2.05) is 0 Å². The van der Waals surface area contributed by atoms with Gasteiger partial charge in [-0.1, -0.05) is 19.8 Å². The lowest BCUT2D eigenvalue weighted by molar-refractivity contribution is 0.226. The summed E-state index contributed by atoms with van der Waals surface area (Å²) in [5, 5.41) is 0. The van der Waals surface area contributed by atoms with Crippen molar-refractivity contribution >= 4 is 8.25 Å². The van der Waals surface area contributed by atoms with Crippen LogP contribution in [0, 0.1) is 0 Å². The molecule has 0 radical (unpaired) electrons. The number of nitrogens with two attached hydrogens (primary N) is 1. The predicted molar refractivity (Wildman–Crippen MR) is 39.8 cm³/mol. The lowest BCUT2D eigenvalue weighted by atomic mass is 10.3. The summed E-state index contributed by atoms with van der Waals surface area (Å²) in [5.41, 5.74) is 0. The Morgan fingerprint density at radius 3 is 2.70 bits per heavy atom. The topological polar surface area (TPSA) is 61.5 Å². The van der Waals surface area contributed by atoms with Crippen LogP contribution in [-0.4, -0.2) is 6.61 Å². The Morgan fingerprint density at radius 1 is 1.50 bits per heavy atom. The molecule has 0 aromatic heterocycles. The Balaban J connectivity index is 2.96. The molecule has 0 aliphatic heterocycles. The summed E-state index contributed by atoms with van der Waals surface area (Å²) in [6, 6.07) is 0. The van der Waals surface area contributed by atoms with Gasteiger partial charge in [-0.25, -0.2) is 10.5 Å². The highest BCUT2D eigenvalue weighted by molar-refractivity contribution is 7.33. The third kappa shape index (κ3) is 6.23. The van der Waals surface area contributed by atoms with Gasteiger partial charge in [0.25, 0.3) is 0 Å². The van der Waals surface area contributed by atoms with Crippen LogP contribution in [0.5, 0.6) is 0 Å². The first-order valence-corrected chi connectivity index (χ1v) is 4.57. The highest BCUT2D eigenvalue weighted by atomic mass is 31.1. The van der Waals surface area contributed by atoms with Gasteiger partial charge in [-0.2, -0.15) is 0 Å². The van der Waals surface area contributed by atoms with Crippen LogP contribution >= 0.6 is 8.25 Å². The lowest BCUT2D eigenvalue weighted by Gasteiger charge is -1.99. The molecule has 0 aliphatic carbocycles. The van der Waals surface area contributed by atoms with Crippen LogP contribution in [0.3, 0.4) is 0 Å². The molecule has 0 aromatic rings. The first kappa shape index (κ1) is 10.1. The molecular weight excluding hydrogens is 153 g/mol. The predicted octanol–water partition coefficient (Wildman–Crippen LogP) is 1.47. The third-order valence-electron chi connectivity index (χ3n) is 1.06. The van der Waals surface area contributed by atoms with Crippen molar-refractivity contribution in [1.82, 2.24) is 0 Å². The van der Waals surface area contributed by atoms with Crippen molar-refractivity contribution in [2.24, 2.45) is 5.90 Å². The largest absolute Gasteiger partial charge is 0.335 e. The van der Waals surface area contributed by atoms with Crippen molar-refractivity contribution in [3.63, 3.8) is 0 Å². The monoisotopic (exact) mass is 167 g/mol. The second-order valence-corrected chi connectivity index (χ2v) is 2.95. The average Bonchev–Trinajstić information content (AvgIpc) is 1.98. The SMILES string of the molecule is CCCCCO[PH](=O)ON.